The fourth-order valence-corrected chi connectivity index (χ4v) is 2.08. The largest absolute Gasteiger partial charge is 0.439 e. The van der Waals surface area contributed by atoms with Gasteiger partial charge in [-0.1, -0.05) is 18.5 Å². The molecule has 0 saturated carbocycles. The minimum Gasteiger partial charge on any atom is -0.439 e. The van der Waals surface area contributed by atoms with Crippen LogP contribution >= 0.6 is 11.6 Å². The van der Waals surface area contributed by atoms with E-state index in [1.54, 1.807) is 0 Å². The lowest BCUT2D eigenvalue weighted by atomic mass is 10.2. The smallest absolute Gasteiger partial charge is 0.219 e. The molecule has 0 fully saturated rings. The van der Waals surface area contributed by atoms with Crippen molar-refractivity contribution in [1.82, 2.24) is 10.3 Å². The number of halogens is 1. The van der Waals surface area contributed by atoms with E-state index in [-0.39, 0.29) is 0 Å². The van der Waals surface area contributed by atoms with Crippen LogP contribution in [0.1, 0.15) is 23.7 Å². The zero-order valence-electron chi connectivity index (χ0n) is 12.0. The molecule has 4 heteroatoms. The lowest BCUT2D eigenvalue weighted by molar-refractivity contribution is 0.459. The number of ether oxygens (including phenoxy) is 1. The molecule has 0 amide bonds. The molecule has 1 aromatic heterocycles. The van der Waals surface area contributed by atoms with Gasteiger partial charge in [-0.3, -0.25) is 0 Å². The van der Waals surface area contributed by atoms with Crippen LogP contribution in [-0.2, 0) is 13.0 Å². The van der Waals surface area contributed by atoms with Gasteiger partial charge in [0.25, 0.3) is 0 Å². The minimum atomic E-state index is 0.622. The number of hydrogen-bond acceptors (Lipinski definition) is 3. The molecule has 2 aromatic rings. The summed E-state index contributed by atoms with van der Waals surface area (Å²) in [6.07, 6.45) is 0.882. The molecule has 2 rings (SSSR count). The maximum atomic E-state index is 6.02. The SMILES string of the molecule is CCc1cc(CNC)cc(Oc2ccc(Cl)c(C)c2)n1. The molecule has 1 N–H and O–H groups in total. The van der Waals surface area contributed by atoms with E-state index in [2.05, 4.69) is 23.3 Å². The maximum absolute atomic E-state index is 6.02. The van der Waals surface area contributed by atoms with Crippen molar-refractivity contribution in [2.75, 3.05) is 7.05 Å². The fraction of sp³-hybridized carbons (Fsp3) is 0.312. The van der Waals surface area contributed by atoms with Crippen LogP contribution in [0, 0.1) is 6.92 Å². The summed E-state index contributed by atoms with van der Waals surface area (Å²) in [5.41, 5.74) is 3.18. The molecule has 106 valence electrons. The molecular weight excluding hydrogens is 272 g/mol. The molecule has 0 aliphatic rings. The van der Waals surface area contributed by atoms with Crippen LogP contribution in [0.2, 0.25) is 5.02 Å². The highest BCUT2D eigenvalue weighted by Crippen LogP contribution is 2.25. The van der Waals surface area contributed by atoms with Crippen LogP contribution in [0.4, 0.5) is 0 Å². The highest BCUT2D eigenvalue weighted by molar-refractivity contribution is 6.31. The molecule has 1 aromatic carbocycles. The summed E-state index contributed by atoms with van der Waals surface area (Å²) < 4.78 is 5.85. The van der Waals surface area contributed by atoms with Gasteiger partial charge in [0.2, 0.25) is 5.88 Å². The van der Waals surface area contributed by atoms with Crippen molar-refractivity contribution in [3.63, 3.8) is 0 Å². The van der Waals surface area contributed by atoms with E-state index in [0.717, 1.165) is 35.0 Å². The van der Waals surface area contributed by atoms with Crippen molar-refractivity contribution < 1.29 is 4.74 Å². The predicted octanol–water partition coefficient (Wildman–Crippen LogP) is 4.12. The molecule has 0 aliphatic heterocycles. The van der Waals surface area contributed by atoms with Crippen LogP contribution in [0.25, 0.3) is 0 Å². The molecule has 0 radical (unpaired) electrons. The van der Waals surface area contributed by atoms with Gasteiger partial charge in [-0.25, -0.2) is 4.98 Å². The molecular formula is C16H19ClN2O. The topological polar surface area (TPSA) is 34.1 Å². The Labute approximate surface area is 124 Å². The van der Waals surface area contributed by atoms with Crippen LogP contribution in [0.15, 0.2) is 30.3 Å². The fourth-order valence-electron chi connectivity index (χ4n) is 1.96. The molecule has 3 nitrogen and oxygen atoms in total. The van der Waals surface area contributed by atoms with Gasteiger partial charge in [0, 0.05) is 23.3 Å². The first kappa shape index (κ1) is 14.8. The Kier molecular flexibility index (Phi) is 4.99. The first-order valence-corrected chi connectivity index (χ1v) is 7.08. The van der Waals surface area contributed by atoms with Gasteiger partial charge in [-0.05, 0) is 55.8 Å². The Morgan fingerprint density at radius 3 is 2.70 bits per heavy atom. The van der Waals surface area contributed by atoms with Crippen molar-refractivity contribution >= 4 is 11.6 Å². The molecule has 0 atom stereocenters. The first-order valence-electron chi connectivity index (χ1n) is 6.70. The normalized spacial score (nSPS) is 10.6. The van der Waals surface area contributed by atoms with E-state index in [9.17, 15) is 0 Å². The van der Waals surface area contributed by atoms with Crippen molar-refractivity contribution in [2.24, 2.45) is 0 Å². The second-order valence-corrected chi connectivity index (χ2v) is 5.11. The average Bonchev–Trinajstić information content (AvgIpc) is 2.43. The molecule has 0 unspecified atom stereocenters. The van der Waals surface area contributed by atoms with E-state index in [1.165, 1.54) is 5.56 Å². The van der Waals surface area contributed by atoms with Gasteiger partial charge in [0.05, 0.1) is 0 Å². The highest BCUT2D eigenvalue weighted by Gasteiger charge is 2.05. The summed E-state index contributed by atoms with van der Waals surface area (Å²) in [4.78, 5) is 4.50. The molecule has 0 bridgehead atoms. The zero-order chi connectivity index (χ0) is 14.5. The third-order valence-corrected chi connectivity index (χ3v) is 3.43. The Morgan fingerprint density at radius 2 is 2.05 bits per heavy atom. The Bertz CT molecular complexity index is 599. The monoisotopic (exact) mass is 290 g/mol. The molecule has 0 spiro atoms. The standard InChI is InChI=1S/C16H19ClN2O/c1-4-13-8-12(10-18-3)9-16(19-13)20-14-5-6-15(17)11(2)7-14/h5-9,18H,4,10H2,1-3H3. The molecule has 1 heterocycles. The van der Waals surface area contributed by atoms with Gasteiger partial charge < -0.3 is 10.1 Å². The second kappa shape index (κ2) is 6.73. The van der Waals surface area contributed by atoms with Crippen molar-refractivity contribution in [1.29, 1.82) is 0 Å². The van der Waals surface area contributed by atoms with Gasteiger partial charge in [-0.2, -0.15) is 0 Å². The molecule has 0 saturated heterocycles. The van der Waals surface area contributed by atoms with Crippen molar-refractivity contribution in [3.05, 3.63) is 52.2 Å². The summed E-state index contributed by atoms with van der Waals surface area (Å²) in [6.45, 7) is 4.84. The quantitative estimate of drug-likeness (QED) is 0.899. The first-order chi connectivity index (χ1) is 9.62. The lowest BCUT2D eigenvalue weighted by Crippen LogP contribution is -2.06. The van der Waals surface area contributed by atoms with Crippen molar-refractivity contribution in [2.45, 2.75) is 26.8 Å². The van der Waals surface area contributed by atoms with Gasteiger partial charge >= 0.3 is 0 Å². The number of hydrogen-bond donors (Lipinski definition) is 1. The van der Waals surface area contributed by atoms with Gasteiger partial charge in [0.15, 0.2) is 0 Å². The van der Waals surface area contributed by atoms with E-state index in [1.807, 2.05) is 38.2 Å². The second-order valence-electron chi connectivity index (χ2n) is 4.70. The van der Waals surface area contributed by atoms with Crippen molar-refractivity contribution in [3.8, 4) is 11.6 Å². The number of pyridine rings is 1. The lowest BCUT2D eigenvalue weighted by Gasteiger charge is -2.10. The Hall–Kier alpha value is -1.58. The minimum absolute atomic E-state index is 0.622. The number of aryl methyl sites for hydroxylation is 2. The van der Waals surface area contributed by atoms with Crippen LogP contribution in [0.5, 0.6) is 11.6 Å². The third kappa shape index (κ3) is 3.71. The van der Waals surface area contributed by atoms with E-state index < -0.39 is 0 Å². The van der Waals surface area contributed by atoms with E-state index >= 15 is 0 Å². The summed E-state index contributed by atoms with van der Waals surface area (Å²) in [7, 11) is 1.93. The molecule has 0 aliphatic carbocycles. The average molecular weight is 291 g/mol. The number of aromatic nitrogens is 1. The van der Waals surface area contributed by atoms with Crippen LogP contribution < -0.4 is 10.1 Å². The maximum Gasteiger partial charge on any atom is 0.219 e. The Balaban J connectivity index is 2.27. The summed E-state index contributed by atoms with van der Waals surface area (Å²) >= 11 is 6.02. The summed E-state index contributed by atoms with van der Waals surface area (Å²) in [5.74, 6) is 1.37. The molecule has 20 heavy (non-hydrogen) atoms. The summed E-state index contributed by atoms with van der Waals surface area (Å²) in [6, 6.07) is 9.66. The highest BCUT2D eigenvalue weighted by atomic mass is 35.5. The van der Waals surface area contributed by atoms with Crippen LogP contribution in [-0.4, -0.2) is 12.0 Å². The zero-order valence-corrected chi connectivity index (χ0v) is 12.8. The number of nitrogens with one attached hydrogen (secondary N) is 1. The van der Waals surface area contributed by atoms with E-state index in [4.69, 9.17) is 16.3 Å². The predicted molar refractivity (Wildman–Crippen MR) is 82.6 cm³/mol. The Morgan fingerprint density at radius 1 is 1.25 bits per heavy atom. The van der Waals surface area contributed by atoms with E-state index in [0.29, 0.717) is 5.88 Å². The van der Waals surface area contributed by atoms with Gasteiger partial charge in [-0.15, -0.1) is 0 Å². The third-order valence-electron chi connectivity index (χ3n) is 3.01. The number of rotatable bonds is 5. The van der Waals surface area contributed by atoms with Gasteiger partial charge in [0.1, 0.15) is 5.75 Å². The number of benzene rings is 1. The summed E-state index contributed by atoms with van der Waals surface area (Å²) in [5, 5.41) is 3.88. The number of nitrogens with zero attached hydrogens (tertiary/aromatic N) is 1. The van der Waals surface area contributed by atoms with Crippen LogP contribution in [0.3, 0.4) is 0 Å².